The minimum absolute atomic E-state index is 0.0380. The summed E-state index contributed by atoms with van der Waals surface area (Å²) >= 11 is 0. The summed E-state index contributed by atoms with van der Waals surface area (Å²) in [5.74, 6) is -1.17. The fraction of sp³-hybridized carbons (Fsp3) is 0.529. The molecule has 0 unspecified atom stereocenters. The van der Waals surface area contributed by atoms with Gasteiger partial charge in [-0.2, -0.15) is 0 Å². The van der Waals surface area contributed by atoms with Crippen LogP contribution in [0.15, 0.2) is 12.1 Å². The third-order valence-electron chi connectivity index (χ3n) is 4.29. The summed E-state index contributed by atoms with van der Waals surface area (Å²) in [5, 5.41) is 9.11. The van der Waals surface area contributed by atoms with Crippen LogP contribution >= 0.6 is 0 Å². The number of benzene rings is 1. The minimum Gasteiger partial charge on any atom is -0.481 e. The molecular formula is C17H23NO3. The van der Waals surface area contributed by atoms with E-state index in [9.17, 15) is 9.59 Å². The molecule has 2 rings (SSSR count). The third kappa shape index (κ3) is 3.63. The highest BCUT2D eigenvalue weighted by atomic mass is 16.4. The average molecular weight is 289 g/mol. The van der Waals surface area contributed by atoms with Crippen molar-refractivity contribution in [1.82, 2.24) is 4.90 Å². The zero-order valence-corrected chi connectivity index (χ0v) is 13.0. The molecule has 1 aliphatic rings. The second-order valence-electron chi connectivity index (χ2n) is 6.07. The first-order valence-corrected chi connectivity index (χ1v) is 7.45. The summed E-state index contributed by atoms with van der Waals surface area (Å²) in [6.45, 7) is 7.12. The van der Waals surface area contributed by atoms with E-state index < -0.39 is 11.9 Å². The molecule has 0 bridgehead atoms. The van der Waals surface area contributed by atoms with Gasteiger partial charge < -0.3 is 10.0 Å². The summed E-state index contributed by atoms with van der Waals surface area (Å²) in [4.78, 5) is 25.3. The molecule has 1 atom stereocenters. The number of aliphatic carboxylic acids is 1. The Balaban J connectivity index is 2.10. The van der Waals surface area contributed by atoms with Crippen LogP contribution in [0.25, 0.3) is 0 Å². The van der Waals surface area contributed by atoms with Gasteiger partial charge in [0.2, 0.25) is 5.91 Å². The van der Waals surface area contributed by atoms with E-state index in [1.54, 1.807) is 4.90 Å². The normalized spacial score (nSPS) is 18.6. The number of hydrogen-bond acceptors (Lipinski definition) is 2. The Kier molecular flexibility index (Phi) is 4.66. The zero-order chi connectivity index (χ0) is 15.6. The van der Waals surface area contributed by atoms with Gasteiger partial charge in [-0.15, -0.1) is 0 Å². The van der Waals surface area contributed by atoms with Gasteiger partial charge in [0.15, 0.2) is 0 Å². The van der Waals surface area contributed by atoms with E-state index in [-0.39, 0.29) is 5.91 Å². The molecule has 1 heterocycles. The summed E-state index contributed by atoms with van der Waals surface area (Å²) < 4.78 is 0. The van der Waals surface area contributed by atoms with Crippen molar-refractivity contribution in [2.45, 2.75) is 40.0 Å². The summed E-state index contributed by atoms with van der Waals surface area (Å²) in [6.07, 6.45) is 1.81. The van der Waals surface area contributed by atoms with Crippen LogP contribution in [-0.4, -0.2) is 35.0 Å². The molecule has 21 heavy (non-hydrogen) atoms. The predicted octanol–water partition coefficient (Wildman–Crippen LogP) is 2.48. The molecule has 1 amide bonds. The van der Waals surface area contributed by atoms with Crippen LogP contribution in [-0.2, 0) is 16.0 Å². The van der Waals surface area contributed by atoms with Crippen LogP contribution in [0.1, 0.15) is 35.1 Å². The van der Waals surface area contributed by atoms with Crippen molar-refractivity contribution in [3.05, 3.63) is 34.4 Å². The Bertz CT molecular complexity index is 542. The lowest BCUT2D eigenvalue weighted by molar-refractivity contribution is -0.145. The Morgan fingerprint density at radius 3 is 2.43 bits per heavy atom. The molecule has 1 saturated heterocycles. The lowest BCUT2D eigenvalue weighted by Gasteiger charge is -2.31. The molecular weight excluding hydrogens is 266 g/mol. The van der Waals surface area contributed by atoms with E-state index in [4.69, 9.17) is 5.11 Å². The number of piperidine rings is 1. The molecule has 4 heteroatoms. The van der Waals surface area contributed by atoms with E-state index in [2.05, 4.69) is 12.1 Å². The number of carbonyl (C=O) groups excluding carboxylic acids is 1. The Morgan fingerprint density at radius 2 is 1.86 bits per heavy atom. The molecule has 0 aromatic heterocycles. The zero-order valence-electron chi connectivity index (χ0n) is 13.0. The van der Waals surface area contributed by atoms with Gasteiger partial charge in [0.1, 0.15) is 0 Å². The molecule has 0 spiro atoms. The van der Waals surface area contributed by atoms with Crippen molar-refractivity contribution in [3.63, 3.8) is 0 Å². The SMILES string of the molecule is Cc1cc(C)c(CC(=O)N2CCC[C@H](C(=O)O)C2)c(C)c1. The average Bonchev–Trinajstić information content (AvgIpc) is 2.42. The number of carbonyl (C=O) groups is 2. The Labute approximate surface area is 125 Å². The predicted molar refractivity (Wildman–Crippen MR) is 81.3 cm³/mol. The monoisotopic (exact) mass is 289 g/mol. The Morgan fingerprint density at radius 1 is 1.24 bits per heavy atom. The van der Waals surface area contributed by atoms with Crippen molar-refractivity contribution in [2.24, 2.45) is 5.92 Å². The van der Waals surface area contributed by atoms with Crippen molar-refractivity contribution in [1.29, 1.82) is 0 Å². The summed E-state index contributed by atoms with van der Waals surface area (Å²) in [5.41, 5.74) is 4.54. The molecule has 1 aromatic carbocycles. The van der Waals surface area contributed by atoms with Gasteiger partial charge >= 0.3 is 5.97 Å². The second kappa shape index (κ2) is 6.29. The third-order valence-corrected chi connectivity index (χ3v) is 4.29. The number of aryl methyl sites for hydroxylation is 3. The topological polar surface area (TPSA) is 57.6 Å². The maximum absolute atomic E-state index is 12.5. The van der Waals surface area contributed by atoms with Gasteiger partial charge in [0.05, 0.1) is 12.3 Å². The molecule has 0 aliphatic carbocycles. The first-order valence-electron chi connectivity index (χ1n) is 7.45. The van der Waals surface area contributed by atoms with Crippen LogP contribution in [0.2, 0.25) is 0 Å². The number of hydrogen-bond donors (Lipinski definition) is 1. The van der Waals surface area contributed by atoms with Crippen LogP contribution in [0.4, 0.5) is 0 Å². The van der Waals surface area contributed by atoms with E-state index in [1.165, 1.54) is 5.56 Å². The number of amides is 1. The number of carboxylic acids is 1. The van der Waals surface area contributed by atoms with E-state index in [1.807, 2.05) is 20.8 Å². The fourth-order valence-electron chi connectivity index (χ4n) is 3.16. The van der Waals surface area contributed by atoms with Gasteiger partial charge in [0, 0.05) is 13.1 Å². The fourth-order valence-corrected chi connectivity index (χ4v) is 3.16. The highest BCUT2D eigenvalue weighted by Gasteiger charge is 2.28. The maximum Gasteiger partial charge on any atom is 0.308 e. The van der Waals surface area contributed by atoms with Crippen LogP contribution in [0.3, 0.4) is 0 Å². The van der Waals surface area contributed by atoms with Crippen LogP contribution < -0.4 is 0 Å². The first-order chi connectivity index (χ1) is 9.88. The van der Waals surface area contributed by atoms with Gasteiger partial charge in [0.25, 0.3) is 0 Å². The van der Waals surface area contributed by atoms with E-state index >= 15 is 0 Å². The Hall–Kier alpha value is -1.84. The molecule has 4 nitrogen and oxygen atoms in total. The van der Waals surface area contributed by atoms with Crippen molar-refractivity contribution < 1.29 is 14.7 Å². The van der Waals surface area contributed by atoms with Crippen LogP contribution in [0, 0.1) is 26.7 Å². The second-order valence-corrected chi connectivity index (χ2v) is 6.07. The summed E-state index contributed by atoms with van der Waals surface area (Å²) in [6, 6.07) is 4.18. The van der Waals surface area contributed by atoms with Crippen LogP contribution in [0.5, 0.6) is 0 Å². The number of likely N-dealkylation sites (tertiary alicyclic amines) is 1. The minimum atomic E-state index is -0.796. The maximum atomic E-state index is 12.5. The van der Waals surface area contributed by atoms with Gasteiger partial charge in [-0.1, -0.05) is 17.7 Å². The lowest BCUT2D eigenvalue weighted by atomic mass is 9.95. The number of rotatable bonds is 3. The molecule has 1 N–H and O–H groups in total. The van der Waals surface area contributed by atoms with Crippen molar-refractivity contribution in [3.8, 4) is 0 Å². The van der Waals surface area contributed by atoms with E-state index in [0.717, 1.165) is 23.1 Å². The molecule has 1 aliphatic heterocycles. The number of carboxylic acid groups (broad SMARTS) is 1. The standard InChI is InChI=1S/C17H23NO3/c1-11-7-12(2)15(13(3)8-11)9-16(19)18-6-4-5-14(10-18)17(20)21/h7-8,14H,4-6,9-10H2,1-3H3,(H,20,21)/t14-/m0/s1. The van der Waals surface area contributed by atoms with Gasteiger partial charge in [-0.25, -0.2) is 0 Å². The quantitative estimate of drug-likeness (QED) is 0.930. The molecule has 0 radical (unpaired) electrons. The van der Waals surface area contributed by atoms with Crippen molar-refractivity contribution >= 4 is 11.9 Å². The largest absolute Gasteiger partial charge is 0.481 e. The molecule has 1 aromatic rings. The lowest BCUT2D eigenvalue weighted by Crippen LogP contribution is -2.43. The molecule has 0 saturated carbocycles. The molecule has 1 fully saturated rings. The van der Waals surface area contributed by atoms with Crippen molar-refractivity contribution in [2.75, 3.05) is 13.1 Å². The smallest absolute Gasteiger partial charge is 0.308 e. The molecule has 114 valence electrons. The highest BCUT2D eigenvalue weighted by molar-refractivity contribution is 5.80. The van der Waals surface area contributed by atoms with Gasteiger partial charge in [-0.05, 0) is 50.3 Å². The first kappa shape index (κ1) is 15.5. The summed E-state index contributed by atoms with van der Waals surface area (Å²) in [7, 11) is 0. The van der Waals surface area contributed by atoms with Gasteiger partial charge in [-0.3, -0.25) is 9.59 Å². The number of nitrogens with zero attached hydrogens (tertiary/aromatic N) is 1. The highest BCUT2D eigenvalue weighted by Crippen LogP contribution is 2.21. The van der Waals surface area contributed by atoms with E-state index in [0.29, 0.717) is 25.9 Å².